The highest BCUT2D eigenvalue weighted by molar-refractivity contribution is 6.52. The van der Waals surface area contributed by atoms with Crippen LogP contribution in [-0.4, -0.2) is 36.0 Å². The third kappa shape index (κ3) is 3.67. The molecule has 162 valence electrons. The second-order valence-corrected chi connectivity index (χ2v) is 7.40. The Balaban J connectivity index is 1.94. The van der Waals surface area contributed by atoms with Crippen molar-refractivity contribution < 1.29 is 24.2 Å². The number of carbonyl (C=O) groups is 2. The minimum absolute atomic E-state index is 0.0767. The van der Waals surface area contributed by atoms with Gasteiger partial charge in [0.25, 0.3) is 11.7 Å². The summed E-state index contributed by atoms with van der Waals surface area (Å²) in [5, 5.41) is 11.4. The molecule has 1 atom stereocenters. The molecule has 0 radical (unpaired) electrons. The molecule has 2 aromatic carbocycles. The summed E-state index contributed by atoms with van der Waals surface area (Å²) >= 11 is 6.31. The molecule has 4 rings (SSSR count). The van der Waals surface area contributed by atoms with Crippen molar-refractivity contribution in [2.24, 2.45) is 0 Å². The number of aliphatic hydroxyl groups excluding tert-OH is 1. The van der Waals surface area contributed by atoms with E-state index < -0.39 is 17.7 Å². The maximum absolute atomic E-state index is 13.2. The maximum atomic E-state index is 13.2. The van der Waals surface area contributed by atoms with Gasteiger partial charge in [0.2, 0.25) is 0 Å². The van der Waals surface area contributed by atoms with Gasteiger partial charge < -0.3 is 14.6 Å². The number of rotatable bonds is 5. The lowest BCUT2D eigenvalue weighted by molar-refractivity contribution is -0.132. The Kier molecular flexibility index (Phi) is 5.83. The summed E-state index contributed by atoms with van der Waals surface area (Å²) in [4.78, 5) is 31.6. The monoisotopic (exact) mass is 450 g/mol. The van der Waals surface area contributed by atoms with E-state index in [1.807, 2.05) is 0 Å². The van der Waals surface area contributed by atoms with Crippen molar-refractivity contribution in [2.75, 3.05) is 19.1 Å². The predicted molar refractivity (Wildman–Crippen MR) is 120 cm³/mol. The van der Waals surface area contributed by atoms with Crippen molar-refractivity contribution >= 4 is 34.7 Å². The molecule has 2 heterocycles. The van der Waals surface area contributed by atoms with Gasteiger partial charge in [0.05, 0.1) is 30.9 Å². The number of hydrogen-bond acceptors (Lipinski definition) is 6. The highest BCUT2D eigenvalue weighted by Crippen LogP contribution is 2.43. The van der Waals surface area contributed by atoms with Crippen LogP contribution in [0, 0.1) is 0 Å². The molecule has 1 aromatic heterocycles. The number of aromatic nitrogens is 1. The summed E-state index contributed by atoms with van der Waals surface area (Å²) in [5.74, 6) is -0.920. The second kappa shape index (κ2) is 8.72. The second-order valence-electron chi connectivity index (χ2n) is 6.99. The van der Waals surface area contributed by atoms with Gasteiger partial charge in [-0.3, -0.25) is 19.5 Å². The van der Waals surface area contributed by atoms with Gasteiger partial charge in [-0.25, -0.2) is 0 Å². The van der Waals surface area contributed by atoms with Gasteiger partial charge in [-0.05, 0) is 60.2 Å². The largest absolute Gasteiger partial charge is 0.507 e. The number of benzene rings is 2. The zero-order valence-electron chi connectivity index (χ0n) is 17.3. The molecule has 0 aliphatic carbocycles. The van der Waals surface area contributed by atoms with E-state index >= 15 is 0 Å². The molecule has 1 aliphatic heterocycles. The third-order valence-electron chi connectivity index (χ3n) is 5.25. The number of aliphatic hydroxyl groups is 1. The Morgan fingerprint density at radius 2 is 1.59 bits per heavy atom. The number of anilines is 1. The molecule has 1 N–H and O–H groups in total. The van der Waals surface area contributed by atoms with Crippen LogP contribution in [0.2, 0.25) is 5.02 Å². The van der Waals surface area contributed by atoms with Crippen LogP contribution >= 0.6 is 11.6 Å². The average Bonchev–Trinajstić information content (AvgIpc) is 3.10. The van der Waals surface area contributed by atoms with Crippen LogP contribution in [0.3, 0.4) is 0 Å². The fourth-order valence-corrected chi connectivity index (χ4v) is 3.87. The Morgan fingerprint density at radius 1 is 0.969 bits per heavy atom. The highest BCUT2D eigenvalue weighted by atomic mass is 35.5. The molecule has 1 fully saturated rings. The number of halogens is 1. The summed E-state index contributed by atoms with van der Waals surface area (Å²) < 4.78 is 10.4. The Labute approximate surface area is 189 Å². The summed E-state index contributed by atoms with van der Waals surface area (Å²) in [6.45, 7) is 0. The lowest BCUT2D eigenvalue weighted by Gasteiger charge is -2.25. The van der Waals surface area contributed by atoms with E-state index in [4.69, 9.17) is 21.1 Å². The van der Waals surface area contributed by atoms with Crippen LogP contribution in [0.1, 0.15) is 17.2 Å². The number of hydrogen-bond donors (Lipinski definition) is 1. The van der Waals surface area contributed by atoms with Crippen molar-refractivity contribution in [3.63, 3.8) is 0 Å². The lowest BCUT2D eigenvalue weighted by Crippen LogP contribution is -2.29. The Morgan fingerprint density at radius 3 is 2.22 bits per heavy atom. The first-order valence-electron chi connectivity index (χ1n) is 9.65. The molecule has 8 heteroatoms. The Bertz CT molecular complexity index is 1210. The first-order valence-corrected chi connectivity index (χ1v) is 10.0. The van der Waals surface area contributed by atoms with E-state index in [0.717, 1.165) is 0 Å². The topological polar surface area (TPSA) is 89.0 Å². The van der Waals surface area contributed by atoms with Crippen molar-refractivity contribution in [1.82, 2.24) is 4.98 Å². The first-order chi connectivity index (χ1) is 15.5. The summed E-state index contributed by atoms with van der Waals surface area (Å²) in [5.41, 5.74) is 1.20. The van der Waals surface area contributed by atoms with Crippen molar-refractivity contribution in [3.05, 3.63) is 88.7 Å². The van der Waals surface area contributed by atoms with Crippen LogP contribution in [0.25, 0.3) is 5.76 Å². The van der Waals surface area contributed by atoms with Gasteiger partial charge >= 0.3 is 0 Å². The van der Waals surface area contributed by atoms with E-state index in [1.54, 1.807) is 60.9 Å². The van der Waals surface area contributed by atoms with Crippen molar-refractivity contribution in [3.8, 4) is 11.5 Å². The van der Waals surface area contributed by atoms with Crippen LogP contribution in [0.4, 0.5) is 5.69 Å². The number of Topliss-reactive ketones (excluding diaryl/α,β-unsaturated/α-hetero) is 1. The molecule has 1 aliphatic rings. The van der Waals surface area contributed by atoms with Crippen molar-refractivity contribution in [1.29, 1.82) is 0 Å². The highest BCUT2D eigenvalue weighted by Gasteiger charge is 2.47. The van der Waals surface area contributed by atoms with Crippen molar-refractivity contribution in [2.45, 2.75) is 6.04 Å². The number of amides is 1. The van der Waals surface area contributed by atoms with E-state index in [2.05, 4.69) is 4.98 Å². The van der Waals surface area contributed by atoms with Crippen LogP contribution in [0.5, 0.6) is 11.5 Å². The minimum atomic E-state index is -0.881. The number of ether oxygens (including phenoxy) is 2. The fourth-order valence-electron chi connectivity index (χ4n) is 3.66. The number of carbonyl (C=O) groups excluding carboxylic acids is 2. The van der Waals surface area contributed by atoms with E-state index in [9.17, 15) is 14.7 Å². The molecule has 7 nitrogen and oxygen atoms in total. The van der Waals surface area contributed by atoms with Crippen LogP contribution in [-0.2, 0) is 9.59 Å². The zero-order chi connectivity index (χ0) is 22.8. The molecule has 1 saturated heterocycles. The van der Waals surface area contributed by atoms with Gasteiger partial charge in [-0.1, -0.05) is 11.6 Å². The lowest BCUT2D eigenvalue weighted by atomic mass is 9.95. The summed E-state index contributed by atoms with van der Waals surface area (Å²) in [6, 6.07) is 13.9. The summed E-state index contributed by atoms with van der Waals surface area (Å²) in [6.07, 6.45) is 3.12. The Hall–Kier alpha value is -3.84. The van der Waals surface area contributed by atoms with Crippen LogP contribution < -0.4 is 14.4 Å². The van der Waals surface area contributed by atoms with Gasteiger partial charge in [-0.2, -0.15) is 0 Å². The number of nitrogens with zero attached hydrogens (tertiary/aromatic N) is 2. The molecule has 0 saturated carbocycles. The third-order valence-corrected chi connectivity index (χ3v) is 5.58. The average molecular weight is 451 g/mol. The molecule has 1 unspecified atom stereocenters. The normalized spacial score (nSPS) is 17.5. The van der Waals surface area contributed by atoms with E-state index in [-0.39, 0.29) is 21.9 Å². The van der Waals surface area contributed by atoms with E-state index in [0.29, 0.717) is 22.7 Å². The van der Waals surface area contributed by atoms with Crippen LogP contribution in [0.15, 0.2) is 72.6 Å². The molecule has 0 spiro atoms. The van der Waals surface area contributed by atoms with Gasteiger partial charge in [0, 0.05) is 23.6 Å². The zero-order valence-corrected chi connectivity index (χ0v) is 18.0. The summed E-state index contributed by atoms with van der Waals surface area (Å²) in [7, 11) is 3.02. The molecule has 0 bridgehead atoms. The first kappa shape index (κ1) is 21.4. The fraction of sp³-hybridized carbons (Fsp3) is 0.125. The van der Waals surface area contributed by atoms with E-state index in [1.165, 1.54) is 25.2 Å². The predicted octanol–water partition coefficient (Wildman–Crippen LogP) is 4.38. The SMILES string of the molecule is COc1ccc(N2C(=O)C(=O)/C(=C(/O)c3cc(OC)ccc3Cl)C2c2ccncc2)cc1. The van der Waals surface area contributed by atoms with Gasteiger partial charge in [0.1, 0.15) is 17.3 Å². The molecule has 3 aromatic rings. The molecule has 32 heavy (non-hydrogen) atoms. The van der Waals surface area contributed by atoms with Gasteiger partial charge in [-0.15, -0.1) is 0 Å². The standard InChI is InChI=1S/C24H19ClN2O5/c1-31-16-5-3-15(4-6-16)27-21(14-9-11-26-12-10-14)20(23(29)24(27)30)22(28)18-13-17(32-2)7-8-19(18)25/h3-13,21,28H,1-2H3/b22-20+. The number of ketones is 1. The quantitative estimate of drug-likeness (QED) is 0.352. The number of pyridine rings is 1. The van der Waals surface area contributed by atoms with Gasteiger partial charge in [0.15, 0.2) is 0 Å². The molecular weight excluding hydrogens is 432 g/mol. The maximum Gasteiger partial charge on any atom is 0.300 e. The molecule has 1 amide bonds. The smallest absolute Gasteiger partial charge is 0.300 e. The molecular formula is C24H19ClN2O5. The minimum Gasteiger partial charge on any atom is -0.507 e. The number of methoxy groups -OCH3 is 2.